The molecule has 1 fully saturated rings. The number of morpholine rings is 1. The van der Waals surface area contributed by atoms with Crippen molar-refractivity contribution >= 4 is 41.2 Å². The van der Waals surface area contributed by atoms with Crippen LogP contribution in [0.4, 0.5) is 11.5 Å². The Hall–Kier alpha value is -3.08. The molecule has 2 aliphatic heterocycles. The van der Waals surface area contributed by atoms with Crippen LogP contribution in [-0.4, -0.2) is 62.2 Å². The third kappa shape index (κ3) is 8.22. The Kier molecular flexibility index (Phi) is 11.3. The number of benzene rings is 1. The van der Waals surface area contributed by atoms with E-state index in [1.165, 1.54) is 5.69 Å². The van der Waals surface area contributed by atoms with Crippen molar-refractivity contribution in [1.29, 1.82) is 0 Å². The second kappa shape index (κ2) is 15.1. The van der Waals surface area contributed by atoms with Gasteiger partial charge >= 0.3 is 5.97 Å². The van der Waals surface area contributed by atoms with E-state index in [1.807, 2.05) is 31.3 Å². The van der Waals surface area contributed by atoms with E-state index in [-0.39, 0.29) is 31.1 Å². The SMILES string of the molecule is CCOC(=O)C[C@H](Cc1csc(CCCCNc2cc(N3CCOCC3)ccn2)n1)c1ccc2c(c1)OCO2.Cl. The van der Waals surface area contributed by atoms with Gasteiger partial charge in [-0.3, -0.25) is 4.79 Å². The van der Waals surface area contributed by atoms with Gasteiger partial charge in [0.05, 0.1) is 36.9 Å². The van der Waals surface area contributed by atoms with E-state index in [0.717, 1.165) is 85.7 Å². The van der Waals surface area contributed by atoms with Crippen LogP contribution in [0.3, 0.4) is 0 Å². The maximum Gasteiger partial charge on any atom is 0.306 e. The van der Waals surface area contributed by atoms with E-state index >= 15 is 0 Å². The molecule has 4 heterocycles. The number of fused-ring (bicyclic) bond motifs is 1. The highest BCUT2D eigenvalue weighted by molar-refractivity contribution is 7.09. The molecule has 3 aromatic rings. The lowest BCUT2D eigenvalue weighted by molar-refractivity contribution is -0.143. The molecule has 0 bridgehead atoms. The van der Waals surface area contributed by atoms with E-state index in [2.05, 4.69) is 32.7 Å². The van der Waals surface area contributed by atoms with Gasteiger partial charge in [-0.1, -0.05) is 6.07 Å². The number of carbonyl (C=O) groups is 1. The molecule has 5 rings (SSSR count). The number of rotatable bonds is 13. The molecule has 9 nitrogen and oxygen atoms in total. The van der Waals surface area contributed by atoms with Gasteiger partial charge in [-0.05, 0) is 56.4 Å². The van der Waals surface area contributed by atoms with Crippen LogP contribution in [0.1, 0.15) is 48.4 Å². The number of carbonyl (C=O) groups excluding carboxylic acids is 1. The van der Waals surface area contributed by atoms with Gasteiger partial charge in [0.25, 0.3) is 0 Å². The van der Waals surface area contributed by atoms with Crippen LogP contribution in [0.2, 0.25) is 0 Å². The summed E-state index contributed by atoms with van der Waals surface area (Å²) in [5.41, 5.74) is 3.22. The predicted molar refractivity (Wildman–Crippen MR) is 158 cm³/mol. The lowest BCUT2D eigenvalue weighted by atomic mass is 9.91. The van der Waals surface area contributed by atoms with Crippen LogP contribution < -0.4 is 19.7 Å². The van der Waals surface area contributed by atoms with Crippen molar-refractivity contribution in [1.82, 2.24) is 9.97 Å². The Morgan fingerprint density at radius 1 is 1.15 bits per heavy atom. The summed E-state index contributed by atoms with van der Waals surface area (Å²) >= 11 is 1.69. The first kappa shape index (κ1) is 29.9. The molecule has 11 heteroatoms. The molecule has 1 N–H and O–H groups in total. The quantitative estimate of drug-likeness (QED) is 0.212. The number of nitrogens with one attached hydrogen (secondary N) is 1. The molecule has 2 aliphatic rings. The summed E-state index contributed by atoms with van der Waals surface area (Å²) in [7, 11) is 0. The van der Waals surface area contributed by atoms with Crippen LogP contribution in [-0.2, 0) is 27.1 Å². The molecule has 0 unspecified atom stereocenters. The number of aryl methyl sites for hydroxylation is 1. The van der Waals surface area contributed by atoms with Crippen molar-refractivity contribution < 1.29 is 23.7 Å². The first-order chi connectivity index (χ1) is 19.2. The summed E-state index contributed by atoms with van der Waals surface area (Å²) in [4.78, 5) is 24.0. The molecule has 1 saturated heterocycles. The fourth-order valence-corrected chi connectivity index (χ4v) is 5.71. The zero-order chi connectivity index (χ0) is 26.9. The van der Waals surface area contributed by atoms with E-state index in [1.54, 1.807) is 11.3 Å². The molecule has 0 amide bonds. The Bertz CT molecular complexity index is 1240. The van der Waals surface area contributed by atoms with Gasteiger partial charge in [0.15, 0.2) is 11.5 Å². The van der Waals surface area contributed by atoms with Gasteiger partial charge in [-0.15, -0.1) is 23.7 Å². The summed E-state index contributed by atoms with van der Waals surface area (Å²) < 4.78 is 21.7. The molecule has 40 heavy (non-hydrogen) atoms. The van der Waals surface area contributed by atoms with Gasteiger partial charge in [0.1, 0.15) is 5.82 Å². The zero-order valence-corrected chi connectivity index (χ0v) is 24.4. The fourth-order valence-electron chi connectivity index (χ4n) is 4.86. The second-order valence-corrected chi connectivity index (χ2v) is 10.6. The zero-order valence-electron chi connectivity index (χ0n) is 22.8. The highest BCUT2D eigenvalue weighted by atomic mass is 35.5. The smallest absolute Gasteiger partial charge is 0.306 e. The van der Waals surface area contributed by atoms with Gasteiger partial charge in [-0.2, -0.15) is 0 Å². The molecule has 1 aromatic carbocycles. The molecule has 0 spiro atoms. The average molecular weight is 589 g/mol. The number of ether oxygens (including phenoxy) is 4. The first-order valence-corrected chi connectivity index (χ1v) is 14.6. The normalized spacial score (nSPS) is 14.9. The third-order valence-corrected chi connectivity index (χ3v) is 7.84. The van der Waals surface area contributed by atoms with Crippen molar-refractivity contribution in [2.45, 2.75) is 44.9 Å². The van der Waals surface area contributed by atoms with Gasteiger partial charge in [-0.25, -0.2) is 9.97 Å². The van der Waals surface area contributed by atoms with E-state index in [0.29, 0.717) is 19.4 Å². The molecular formula is C29H37ClN4O5S. The number of anilines is 2. The lowest BCUT2D eigenvalue weighted by Crippen LogP contribution is -2.36. The highest BCUT2D eigenvalue weighted by Gasteiger charge is 2.22. The molecule has 0 aliphatic carbocycles. The summed E-state index contributed by atoms with van der Waals surface area (Å²) in [6, 6.07) is 10.1. The first-order valence-electron chi connectivity index (χ1n) is 13.7. The van der Waals surface area contributed by atoms with Gasteiger partial charge in [0.2, 0.25) is 6.79 Å². The highest BCUT2D eigenvalue weighted by Crippen LogP contribution is 2.36. The molecule has 216 valence electrons. The largest absolute Gasteiger partial charge is 0.466 e. The van der Waals surface area contributed by atoms with Crippen molar-refractivity contribution in [3.05, 3.63) is 58.2 Å². The lowest BCUT2D eigenvalue weighted by Gasteiger charge is -2.29. The molecule has 2 aromatic heterocycles. The Morgan fingerprint density at radius 3 is 2.85 bits per heavy atom. The Balaban J connectivity index is 0.00000370. The summed E-state index contributed by atoms with van der Waals surface area (Å²) in [5.74, 6) is 2.12. The van der Waals surface area contributed by atoms with Crippen LogP contribution in [0.5, 0.6) is 11.5 Å². The number of halogens is 1. The molecule has 1 atom stereocenters. The maximum atomic E-state index is 12.3. The minimum absolute atomic E-state index is 0. The van der Waals surface area contributed by atoms with Crippen molar-refractivity contribution in [2.75, 3.05) is 56.5 Å². The van der Waals surface area contributed by atoms with Crippen LogP contribution in [0, 0.1) is 0 Å². The number of hydrogen-bond donors (Lipinski definition) is 1. The number of hydrogen-bond acceptors (Lipinski definition) is 10. The van der Waals surface area contributed by atoms with Crippen LogP contribution >= 0.6 is 23.7 Å². The molecular weight excluding hydrogens is 552 g/mol. The topological polar surface area (TPSA) is 95.0 Å². The number of pyridine rings is 1. The van der Waals surface area contributed by atoms with Crippen LogP contribution in [0.15, 0.2) is 41.9 Å². The van der Waals surface area contributed by atoms with Crippen molar-refractivity contribution in [3.63, 3.8) is 0 Å². The number of nitrogens with zero attached hydrogens (tertiary/aromatic N) is 3. The van der Waals surface area contributed by atoms with Crippen molar-refractivity contribution in [2.24, 2.45) is 0 Å². The minimum atomic E-state index is -0.201. The number of unbranched alkanes of at least 4 members (excludes halogenated alkanes) is 1. The fraction of sp³-hybridized carbons (Fsp3) is 0.483. The Labute approximate surface area is 245 Å². The summed E-state index contributed by atoms with van der Waals surface area (Å²) in [6.07, 6.45) is 5.83. The van der Waals surface area contributed by atoms with E-state index in [4.69, 9.17) is 23.9 Å². The van der Waals surface area contributed by atoms with E-state index < -0.39 is 0 Å². The van der Waals surface area contributed by atoms with Gasteiger partial charge in [0, 0.05) is 48.9 Å². The van der Waals surface area contributed by atoms with E-state index in [9.17, 15) is 4.79 Å². The monoisotopic (exact) mass is 588 g/mol. The minimum Gasteiger partial charge on any atom is -0.466 e. The predicted octanol–water partition coefficient (Wildman–Crippen LogP) is 5.24. The number of thiazole rings is 1. The van der Waals surface area contributed by atoms with Crippen LogP contribution in [0.25, 0.3) is 0 Å². The summed E-state index contributed by atoms with van der Waals surface area (Å²) in [6.45, 7) is 6.67. The molecule has 0 saturated carbocycles. The third-order valence-electron chi connectivity index (χ3n) is 6.88. The molecule has 0 radical (unpaired) electrons. The Morgan fingerprint density at radius 2 is 2.00 bits per heavy atom. The maximum absolute atomic E-state index is 12.3. The number of esters is 1. The number of aromatic nitrogens is 2. The van der Waals surface area contributed by atoms with Crippen molar-refractivity contribution in [3.8, 4) is 11.5 Å². The van der Waals surface area contributed by atoms with Gasteiger partial charge < -0.3 is 29.2 Å². The average Bonchev–Trinajstić information content (AvgIpc) is 3.62. The second-order valence-electron chi connectivity index (χ2n) is 9.64. The summed E-state index contributed by atoms with van der Waals surface area (Å²) in [5, 5.41) is 6.69. The standard InChI is InChI=1S/C29H36N4O5S.ClH/c1-2-36-29(34)17-22(21-6-7-25-26(16-21)38-20-37-25)15-23-19-39-28(32-23)5-3-4-9-30-27-18-24(8-10-31-27)33-11-13-35-14-12-33;/h6-8,10,16,18-19,22H,2-5,9,11-15,17,20H2,1H3,(H,30,31);1H/t22-;/m0./s1.